The predicted octanol–water partition coefficient (Wildman–Crippen LogP) is 5.32. The van der Waals surface area contributed by atoms with Crippen LogP contribution in [0.15, 0.2) is 96.2 Å². The minimum atomic E-state index is 0.0653. The van der Waals surface area contributed by atoms with Crippen LogP contribution in [0.4, 0.5) is 0 Å². The van der Waals surface area contributed by atoms with Crippen molar-refractivity contribution in [1.29, 1.82) is 0 Å². The van der Waals surface area contributed by atoms with E-state index in [1.165, 1.54) is 12.0 Å². The molecule has 0 aliphatic heterocycles. The highest BCUT2D eigenvalue weighted by molar-refractivity contribution is 5.72. The molecule has 0 N–H and O–H groups in total. The lowest BCUT2D eigenvalue weighted by Gasteiger charge is -2.11. The van der Waals surface area contributed by atoms with Gasteiger partial charge < -0.3 is 0 Å². The Labute approximate surface area is 217 Å². The van der Waals surface area contributed by atoms with Gasteiger partial charge in [0.25, 0.3) is 0 Å². The van der Waals surface area contributed by atoms with Gasteiger partial charge in [0.15, 0.2) is 0 Å². The highest BCUT2D eigenvalue weighted by Crippen LogP contribution is 2.26. The summed E-state index contributed by atoms with van der Waals surface area (Å²) >= 11 is 0. The number of benzene rings is 3. The van der Waals surface area contributed by atoms with E-state index in [4.69, 9.17) is 0 Å². The van der Waals surface area contributed by atoms with Gasteiger partial charge in [-0.15, -0.1) is 5.10 Å². The van der Waals surface area contributed by atoms with Crippen molar-refractivity contribution in [2.45, 2.75) is 52.1 Å². The van der Waals surface area contributed by atoms with Gasteiger partial charge in [-0.05, 0) is 52.4 Å². The van der Waals surface area contributed by atoms with Gasteiger partial charge in [0, 0.05) is 24.0 Å². The molecule has 0 atom stereocenters. The van der Waals surface area contributed by atoms with Crippen molar-refractivity contribution in [2.24, 2.45) is 0 Å². The number of aryl methyl sites for hydroxylation is 3. The summed E-state index contributed by atoms with van der Waals surface area (Å²) in [4.78, 5) is 13.4. The van der Waals surface area contributed by atoms with E-state index in [2.05, 4.69) is 71.1 Å². The maximum atomic E-state index is 13.4. The largest absolute Gasteiger partial charge is 0.328 e. The van der Waals surface area contributed by atoms with Crippen molar-refractivity contribution in [3.63, 3.8) is 0 Å². The summed E-state index contributed by atoms with van der Waals surface area (Å²) in [7, 11) is 0. The summed E-state index contributed by atoms with van der Waals surface area (Å²) in [6.45, 7) is 3.45. The SMILES string of the molecule is CCCCCc1cn(CCc2ccccc2)c(=O)n1Cc1ccc(-c2ccccc2-n2cnnn2)cc1. The lowest BCUT2D eigenvalue weighted by molar-refractivity contribution is 0.622. The third-order valence-corrected chi connectivity index (χ3v) is 6.75. The number of rotatable bonds is 11. The number of hydrogen-bond donors (Lipinski definition) is 0. The van der Waals surface area contributed by atoms with Gasteiger partial charge in [-0.1, -0.05) is 92.6 Å². The zero-order valence-corrected chi connectivity index (χ0v) is 21.2. The van der Waals surface area contributed by atoms with Crippen molar-refractivity contribution in [1.82, 2.24) is 29.3 Å². The van der Waals surface area contributed by atoms with E-state index in [1.54, 1.807) is 11.0 Å². The van der Waals surface area contributed by atoms with Gasteiger partial charge in [-0.3, -0.25) is 9.13 Å². The Bertz CT molecular complexity index is 1470. The van der Waals surface area contributed by atoms with E-state index in [9.17, 15) is 4.79 Å². The van der Waals surface area contributed by atoms with Gasteiger partial charge in [0.1, 0.15) is 6.33 Å². The molecule has 188 valence electrons. The molecule has 2 heterocycles. The van der Waals surface area contributed by atoms with E-state index in [-0.39, 0.29) is 5.69 Å². The first-order valence-corrected chi connectivity index (χ1v) is 13.0. The van der Waals surface area contributed by atoms with Crippen LogP contribution in [0.2, 0.25) is 0 Å². The second-order valence-corrected chi connectivity index (χ2v) is 9.34. The monoisotopic (exact) mass is 492 g/mol. The normalized spacial score (nSPS) is 11.2. The van der Waals surface area contributed by atoms with Crippen LogP contribution in [0.25, 0.3) is 16.8 Å². The smallest absolute Gasteiger partial charge is 0.299 e. The van der Waals surface area contributed by atoms with Crippen molar-refractivity contribution >= 4 is 0 Å². The van der Waals surface area contributed by atoms with Crippen LogP contribution in [-0.2, 0) is 25.9 Å². The fourth-order valence-corrected chi connectivity index (χ4v) is 4.72. The molecule has 7 heteroatoms. The van der Waals surface area contributed by atoms with Crippen LogP contribution in [0.1, 0.15) is 43.0 Å². The molecule has 0 saturated heterocycles. The summed E-state index contributed by atoms with van der Waals surface area (Å²) in [6.07, 6.45) is 8.84. The van der Waals surface area contributed by atoms with Crippen molar-refractivity contribution < 1.29 is 0 Å². The summed E-state index contributed by atoms with van der Waals surface area (Å²) in [5.41, 5.74) is 6.56. The van der Waals surface area contributed by atoms with Crippen LogP contribution in [0.3, 0.4) is 0 Å². The zero-order chi connectivity index (χ0) is 25.5. The first kappa shape index (κ1) is 24.4. The molecule has 0 fully saturated rings. The topological polar surface area (TPSA) is 70.5 Å². The Morgan fingerprint density at radius 3 is 2.35 bits per heavy atom. The zero-order valence-electron chi connectivity index (χ0n) is 21.2. The molecule has 0 aliphatic rings. The van der Waals surface area contributed by atoms with Crippen LogP contribution in [-0.4, -0.2) is 29.3 Å². The molecule has 5 aromatic rings. The van der Waals surface area contributed by atoms with Gasteiger partial charge in [-0.2, -0.15) is 4.68 Å². The van der Waals surface area contributed by atoms with E-state index < -0.39 is 0 Å². The minimum Gasteiger partial charge on any atom is -0.299 e. The van der Waals surface area contributed by atoms with Crippen molar-refractivity contribution in [3.8, 4) is 16.8 Å². The molecule has 0 saturated carbocycles. The van der Waals surface area contributed by atoms with E-state index in [0.29, 0.717) is 13.1 Å². The first-order valence-electron chi connectivity index (χ1n) is 13.0. The van der Waals surface area contributed by atoms with Crippen molar-refractivity contribution in [3.05, 3.63) is 119 Å². The Balaban J connectivity index is 1.38. The first-order chi connectivity index (χ1) is 18.2. The number of para-hydroxylation sites is 1. The third kappa shape index (κ3) is 5.77. The average Bonchev–Trinajstić information content (AvgIpc) is 3.58. The lowest BCUT2D eigenvalue weighted by Crippen LogP contribution is -2.26. The van der Waals surface area contributed by atoms with E-state index in [0.717, 1.165) is 53.8 Å². The maximum Gasteiger partial charge on any atom is 0.328 e. The molecule has 0 bridgehead atoms. The molecule has 0 aliphatic carbocycles. The van der Waals surface area contributed by atoms with Crippen LogP contribution < -0.4 is 5.69 Å². The molecule has 37 heavy (non-hydrogen) atoms. The highest BCUT2D eigenvalue weighted by Gasteiger charge is 2.13. The molecule has 7 nitrogen and oxygen atoms in total. The Morgan fingerprint density at radius 1 is 0.811 bits per heavy atom. The molecule has 0 radical (unpaired) electrons. The Kier molecular flexibility index (Phi) is 7.69. The standard InChI is InChI=1S/C30H32N6O/c1-2-3-5-12-27-22-34(20-19-24-10-6-4-7-11-24)30(37)35(27)21-25-15-17-26(18-16-25)28-13-8-9-14-29(28)36-23-31-32-33-36/h4,6-11,13-18,22-23H,2-3,5,12,19-21H2,1H3. The fraction of sp³-hybridized carbons (Fsp3) is 0.267. The predicted molar refractivity (Wildman–Crippen MR) is 146 cm³/mol. The number of aromatic nitrogens is 6. The van der Waals surface area contributed by atoms with Crippen LogP contribution in [0, 0.1) is 0 Å². The quantitative estimate of drug-likeness (QED) is 0.234. The van der Waals surface area contributed by atoms with Gasteiger partial charge in [0.05, 0.1) is 12.2 Å². The molecule has 0 unspecified atom stereocenters. The van der Waals surface area contributed by atoms with E-state index in [1.807, 2.05) is 45.5 Å². The van der Waals surface area contributed by atoms with Crippen LogP contribution >= 0.6 is 0 Å². The van der Waals surface area contributed by atoms with Gasteiger partial charge in [0.2, 0.25) is 0 Å². The fourth-order valence-electron chi connectivity index (χ4n) is 4.72. The maximum absolute atomic E-state index is 13.4. The molecule has 0 amide bonds. The average molecular weight is 493 g/mol. The second kappa shape index (κ2) is 11.6. The summed E-state index contributed by atoms with van der Waals surface area (Å²) in [5, 5.41) is 11.6. The summed E-state index contributed by atoms with van der Waals surface area (Å²) in [5.74, 6) is 0. The summed E-state index contributed by atoms with van der Waals surface area (Å²) < 4.78 is 5.50. The highest BCUT2D eigenvalue weighted by atomic mass is 16.1. The molecular formula is C30H32N6O. The van der Waals surface area contributed by atoms with Gasteiger partial charge in [-0.25, -0.2) is 4.79 Å². The second-order valence-electron chi connectivity index (χ2n) is 9.34. The van der Waals surface area contributed by atoms with Crippen LogP contribution in [0.5, 0.6) is 0 Å². The number of unbranched alkanes of at least 4 members (excludes halogenated alkanes) is 2. The Hall–Kier alpha value is -4.26. The molecule has 5 rings (SSSR count). The van der Waals surface area contributed by atoms with Crippen molar-refractivity contribution in [2.75, 3.05) is 0 Å². The number of imidazole rings is 1. The number of nitrogens with zero attached hydrogens (tertiary/aromatic N) is 6. The van der Waals surface area contributed by atoms with Gasteiger partial charge >= 0.3 is 5.69 Å². The summed E-state index contributed by atoms with van der Waals surface area (Å²) in [6, 6.07) is 26.8. The van der Waals surface area contributed by atoms with E-state index >= 15 is 0 Å². The Morgan fingerprint density at radius 2 is 1.59 bits per heavy atom. The minimum absolute atomic E-state index is 0.0653. The lowest BCUT2D eigenvalue weighted by atomic mass is 10.0. The third-order valence-electron chi connectivity index (χ3n) is 6.75. The molecule has 3 aromatic carbocycles. The molecule has 2 aromatic heterocycles. The number of hydrogen-bond acceptors (Lipinski definition) is 4. The molecular weight excluding hydrogens is 460 g/mol. The number of tetrazole rings is 1. The molecule has 0 spiro atoms.